The predicted octanol–water partition coefficient (Wildman–Crippen LogP) is 3.37. The Bertz CT molecular complexity index is 350. The van der Waals surface area contributed by atoms with Crippen LogP contribution in [0.4, 0.5) is 0 Å². The van der Waals surface area contributed by atoms with E-state index in [0.29, 0.717) is 11.7 Å². The first kappa shape index (κ1) is 12.5. The van der Waals surface area contributed by atoms with Crippen molar-refractivity contribution in [2.75, 3.05) is 0 Å². The lowest BCUT2D eigenvalue weighted by Gasteiger charge is -2.06. The third-order valence-electron chi connectivity index (χ3n) is 2.11. The number of ether oxygens (including phenoxy) is 1. The van der Waals surface area contributed by atoms with Crippen molar-refractivity contribution in [1.82, 2.24) is 0 Å². The molecule has 0 N–H and O–H groups in total. The van der Waals surface area contributed by atoms with Gasteiger partial charge in [-0.3, -0.25) is 4.79 Å². The molecular formula is C14H18O2. The van der Waals surface area contributed by atoms with E-state index in [1.165, 1.54) is 11.6 Å². The van der Waals surface area contributed by atoms with Gasteiger partial charge in [-0.15, -0.1) is 6.58 Å². The molecule has 0 atom stereocenters. The molecule has 0 bridgehead atoms. The zero-order valence-electron chi connectivity index (χ0n) is 9.90. The molecule has 16 heavy (non-hydrogen) atoms. The number of carbonyl (C=O) groups is 1. The van der Waals surface area contributed by atoms with E-state index >= 15 is 0 Å². The van der Waals surface area contributed by atoms with Crippen molar-refractivity contribution in [3.05, 3.63) is 42.5 Å². The van der Waals surface area contributed by atoms with Crippen LogP contribution in [0.5, 0.6) is 5.75 Å². The summed E-state index contributed by atoms with van der Waals surface area (Å²) >= 11 is 0. The highest BCUT2D eigenvalue weighted by atomic mass is 16.5. The topological polar surface area (TPSA) is 26.3 Å². The van der Waals surface area contributed by atoms with Gasteiger partial charge in [-0.25, -0.2) is 0 Å². The Labute approximate surface area is 96.9 Å². The smallest absolute Gasteiger partial charge is 0.315 e. The van der Waals surface area contributed by atoms with Crippen LogP contribution < -0.4 is 4.74 Å². The van der Waals surface area contributed by atoms with Crippen molar-refractivity contribution in [2.24, 2.45) is 5.92 Å². The normalized spacial score (nSPS) is 10.2. The van der Waals surface area contributed by atoms with E-state index in [-0.39, 0.29) is 12.4 Å². The van der Waals surface area contributed by atoms with Gasteiger partial charge in [-0.2, -0.15) is 0 Å². The Hall–Kier alpha value is -1.57. The molecule has 0 aliphatic heterocycles. The van der Waals surface area contributed by atoms with Gasteiger partial charge in [-0.1, -0.05) is 32.1 Å². The molecule has 0 unspecified atom stereocenters. The van der Waals surface area contributed by atoms with Gasteiger partial charge in [0, 0.05) is 0 Å². The van der Waals surface area contributed by atoms with Crippen LogP contribution in [0.2, 0.25) is 0 Å². The monoisotopic (exact) mass is 218 g/mol. The number of carbonyl (C=O) groups excluding carboxylic acids is 1. The maximum absolute atomic E-state index is 11.2. The highest BCUT2D eigenvalue weighted by molar-refractivity contribution is 5.73. The van der Waals surface area contributed by atoms with Gasteiger partial charge in [0.2, 0.25) is 0 Å². The number of hydrogen-bond donors (Lipinski definition) is 0. The lowest BCUT2D eigenvalue weighted by Crippen LogP contribution is -2.06. The van der Waals surface area contributed by atoms with Gasteiger partial charge in [-0.05, 0) is 30.0 Å². The van der Waals surface area contributed by atoms with Gasteiger partial charge in [0.05, 0.1) is 6.42 Å². The van der Waals surface area contributed by atoms with E-state index in [9.17, 15) is 4.79 Å². The molecule has 2 nitrogen and oxygen atoms in total. The second-order valence-electron chi connectivity index (χ2n) is 4.21. The number of esters is 1. The SMILES string of the molecule is C=CCC(=O)Oc1ccc(CC(C)C)cc1. The summed E-state index contributed by atoms with van der Waals surface area (Å²) in [7, 11) is 0. The average Bonchev–Trinajstić information content (AvgIpc) is 2.20. The molecule has 0 heterocycles. The van der Waals surface area contributed by atoms with Crippen LogP contribution in [0.25, 0.3) is 0 Å². The molecule has 1 aromatic carbocycles. The van der Waals surface area contributed by atoms with Gasteiger partial charge >= 0.3 is 5.97 Å². The zero-order chi connectivity index (χ0) is 12.0. The van der Waals surface area contributed by atoms with E-state index < -0.39 is 0 Å². The molecule has 0 radical (unpaired) electrons. The third-order valence-corrected chi connectivity index (χ3v) is 2.11. The van der Waals surface area contributed by atoms with Crippen molar-refractivity contribution in [1.29, 1.82) is 0 Å². The fraction of sp³-hybridized carbons (Fsp3) is 0.357. The van der Waals surface area contributed by atoms with E-state index in [1.54, 1.807) is 0 Å². The number of benzene rings is 1. The minimum absolute atomic E-state index is 0.244. The van der Waals surface area contributed by atoms with Gasteiger partial charge < -0.3 is 4.74 Å². The Balaban J connectivity index is 2.57. The molecule has 0 aromatic heterocycles. The van der Waals surface area contributed by atoms with Crippen molar-refractivity contribution in [2.45, 2.75) is 26.7 Å². The largest absolute Gasteiger partial charge is 0.426 e. The van der Waals surface area contributed by atoms with E-state index in [0.717, 1.165) is 6.42 Å². The minimum Gasteiger partial charge on any atom is -0.426 e. The van der Waals surface area contributed by atoms with Crippen LogP contribution in [-0.2, 0) is 11.2 Å². The van der Waals surface area contributed by atoms with Gasteiger partial charge in [0.1, 0.15) is 5.75 Å². The number of rotatable bonds is 5. The Morgan fingerprint density at radius 3 is 2.50 bits per heavy atom. The second kappa shape index (κ2) is 6.11. The Morgan fingerprint density at radius 2 is 2.00 bits per heavy atom. The summed E-state index contributed by atoms with van der Waals surface area (Å²) in [5, 5.41) is 0. The molecule has 0 saturated carbocycles. The minimum atomic E-state index is -0.272. The molecule has 0 spiro atoms. The first-order chi connectivity index (χ1) is 7.61. The summed E-state index contributed by atoms with van der Waals surface area (Å²) < 4.78 is 5.10. The molecule has 86 valence electrons. The lowest BCUT2D eigenvalue weighted by atomic mass is 10.0. The van der Waals surface area contributed by atoms with Crippen molar-refractivity contribution < 1.29 is 9.53 Å². The van der Waals surface area contributed by atoms with E-state index in [2.05, 4.69) is 20.4 Å². The molecule has 0 aliphatic rings. The summed E-state index contributed by atoms with van der Waals surface area (Å²) in [6.45, 7) is 7.85. The standard InChI is InChI=1S/C14H18O2/c1-4-5-14(15)16-13-8-6-12(7-9-13)10-11(2)3/h4,6-9,11H,1,5,10H2,2-3H3. The second-order valence-corrected chi connectivity index (χ2v) is 4.21. The van der Waals surface area contributed by atoms with Crippen LogP contribution in [0.1, 0.15) is 25.8 Å². The first-order valence-electron chi connectivity index (χ1n) is 5.52. The fourth-order valence-electron chi connectivity index (χ4n) is 1.46. The van der Waals surface area contributed by atoms with Crippen LogP contribution in [-0.4, -0.2) is 5.97 Å². The summed E-state index contributed by atoms with van der Waals surface area (Å²) in [6, 6.07) is 7.66. The van der Waals surface area contributed by atoms with E-state index in [4.69, 9.17) is 4.74 Å². The van der Waals surface area contributed by atoms with Crippen molar-refractivity contribution in [3.8, 4) is 5.75 Å². The molecule has 0 aliphatic carbocycles. The summed E-state index contributed by atoms with van der Waals surface area (Å²) in [5.41, 5.74) is 1.26. The van der Waals surface area contributed by atoms with Crippen molar-refractivity contribution in [3.63, 3.8) is 0 Å². The van der Waals surface area contributed by atoms with Crippen LogP contribution in [0, 0.1) is 5.92 Å². The maximum atomic E-state index is 11.2. The van der Waals surface area contributed by atoms with Gasteiger partial charge in [0.25, 0.3) is 0 Å². The fourth-order valence-corrected chi connectivity index (χ4v) is 1.46. The molecule has 1 aromatic rings. The molecular weight excluding hydrogens is 200 g/mol. The van der Waals surface area contributed by atoms with Crippen LogP contribution >= 0.6 is 0 Å². The highest BCUT2D eigenvalue weighted by Crippen LogP contribution is 2.15. The quantitative estimate of drug-likeness (QED) is 0.430. The maximum Gasteiger partial charge on any atom is 0.315 e. The first-order valence-corrected chi connectivity index (χ1v) is 5.52. The van der Waals surface area contributed by atoms with Gasteiger partial charge in [0.15, 0.2) is 0 Å². The average molecular weight is 218 g/mol. The van der Waals surface area contributed by atoms with E-state index in [1.807, 2.05) is 24.3 Å². The Kier molecular flexibility index (Phi) is 4.77. The zero-order valence-corrected chi connectivity index (χ0v) is 9.90. The summed E-state index contributed by atoms with van der Waals surface area (Å²) in [6.07, 6.45) is 2.82. The van der Waals surface area contributed by atoms with Crippen LogP contribution in [0.3, 0.4) is 0 Å². The third kappa shape index (κ3) is 4.30. The summed E-state index contributed by atoms with van der Waals surface area (Å²) in [4.78, 5) is 11.2. The Morgan fingerprint density at radius 1 is 1.38 bits per heavy atom. The highest BCUT2D eigenvalue weighted by Gasteiger charge is 2.02. The summed E-state index contributed by atoms with van der Waals surface area (Å²) in [5.74, 6) is 0.958. The lowest BCUT2D eigenvalue weighted by molar-refractivity contribution is -0.133. The molecule has 0 saturated heterocycles. The van der Waals surface area contributed by atoms with Crippen LogP contribution in [0.15, 0.2) is 36.9 Å². The molecule has 0 fully saturated rings. The number of hydrogen-bond acceptors (Lipinski definition) is 2. The van der Waals surface area contributed by atoms with Crippen molar-refractivity contribution >= 4 is 5.97 Å². The molecule has 1 rings (SSSR count). The predicted molar refractivity (Wildman–Crippen MR) is 65.4 cm³/mol. The molecule has 2 heteroatoms. The molecule has 0 amide bonds.